The summed E-state index contributed by atoms with van der Waals surface area (Å²) in [5, 5.41) is 0. The van der Waals surface area contributed by atoms with Gasteiger partial charge in [0, 0.05) is 6.54 Å². The lowest BCUT2D eigenvalue weighted by Gasteiger charge is -2.16. The van der Waals surface area contributed by atoms with Crippen LogP contribution in [0.1, 0.15) is 42.1 Å². The largest absolute Gasteiger partial charge is 0.305 e. The number of rotatable bonds is 4. The number of hydrogen-bond acceptors (Lipinski definition) is 2. The quantitative estimate of drug-likeness (QED) is 0.590. The minimum Gasteiger partial charge on any atom is -0.305 e. The van der Waals surface area contributed by atoms with Crippen molar-refractivity contribution < 1.29 is 9.59 Å². The van der Waals surface area contributed by atoms with Crippen molar-refractivity contribution in [2.24, 2.45) is 0 Å². The summed E-state index contributed by atoms with van der Waals surface area (Å²) in [5.74, 6) is -0.734. The van der Waals surface area contributed by atoms with Gasteiger partial charge in [0.15, 0.2) is 0 Å². The molecule has 1 amide bonds. The van der Waals surface area contributed by atoms with E-state index in [1.807, 2.05) is 19.1 Å². The van der Waals surface area contributed by atoms with Gasteiger partial charge in [-0.15, -0.1) is 0 Å². The Morgan fingerprint density at radius 1 is 1.18 bits per heavy atom. The van der Waals surface area contributed by atoms with E-state index >= 15 is 0 Å². The molecule has 1 aromatic carbocycles. The minimum absolute atomic E-state index is 0.361. The van der Waals surface area contributed by atoms with Crippen molar-refractivity contribution in [1.82, 2.24) is 0 Å². The Morgan fingerprint density at radius 2 is 1.94 bits per heavy atom. The Hall–Kier alpha value is -1.64. The summed E-state index contributed by atoms with van der Waals surface area (Å²) in [6.45, 7) is 4.69. The van der Waals surface area contributed by atoms with Gasteiger partial charge < -0.3 is 4.90 Å². The van der Waals surface area contributed by atoms with E-state index in [4.69, 9.17) is 0 Å². The zero-order valence-corrected chi connectivity index (χ0v) is 10.3. The molecular formula is C14H17NO2. The van der Waals surface area contributed by atoms with Crippen molar-refractivity contribution in [1.29, 1.82) is 0 Å². The topological polar surface area (TPSA) is 37.4 Å². The van der Waals surface area contributed by atoms with E-state index in [-0.39, 0.29) is 11.7 Å². The molecule has 0 aromatic heterocycles. The molecule has 0 saturated carbocycles. The molecule has 0 unspecified atom stereocenters. The lowest BCUT2D eigenvalue weighted by atomic mass is 10.1. The Labute approximate surface area is 101 Å². The third-order valence-electron chi connectivity index (χ3n) is 3.11. The molecule has 0 atom stereocenters. The maximum absolute atomic E-state index is 11.8. The average molecular weight is 231 g/mol. The molecular weight excluding hydrogens is 214 g/mol. The molecule has 3 heteroatoms. The van der Waals surface area contributed by atoms with E-state index in [1.165, 1.54) is 0 Å². The van der Waals surface area contributed by atoms with Crippen LogP contribution in [0.15, 0.2) is 18.2 Å². The van der Waals surface area contributed by atoms with Gasteiger partial charge in [0.25, 0.3) is 11.7 Å². The highest BCUT2D eigenvalue weighted by Gasteiger charge is 2.35. The highest BCUT2D eigenvalue weighted by atomic mass is 16.2. The van der Waals surface area contributed by atoms with Crippen LogP contribution in [0.5, 0.6) is 0 Å². The molecule has 1 aliphatic heterocycles. The molecule has 3 nitrogen and oxygen atoms in total. The van der Waals surface area contributed by atoms with Crippen LogP contribution >= 0.6 is 0 Å². The molecule has 90 valence electrons. The fourth-order valence-corrected chi connectivity index (χ4v) is 2.16. The normalized spacial score (nSPS) is 14.4. The van der Waals surface area contributed by atoms with Gasteiger partial charge in [-0.05, 0) is 25.5 Å². The van der Waals surface area contributed by atoms with Crippen molar-refractivity contribution in [3.8, 4) is 0 Å². The number of anilines is 1. The summed E-state index contributed by atoms with van der Waals surface area (Å²) in [5.41, 5.74) is 2.36. The summed E-state index contributed by atoms with van der Waals surface area (Å²) in [6.07, 6.45) is 3.14. The lowest BCUT2D eigenvalue weighted by Crippen LogP contribution is -2.30. The van der Waals surface area contributed by atoms with E-state index in [0.29, 0.717) is 12.1 Å². The SMILES string of the molecule is CCCCCN1C(=O)C(=O)c2cc(C)ccc21. The lowest BCUT2D eigenvalue weighted by molar-refractivity contribution is -0.114. The van der Waals surface area contributed by atoms with Crippen molar-refractivity contribution in [3.63, 3.8) is 0 Å². The maximum Gasteiger partial charge on any atom is 0.299 e. The Morgan fingerprint density at radius 3 is 2.65 bits per heavy atom. The first-order chi connectivity index (χ1) is 8.15. The molecule has 0 bridgehead atoms. The number of hydrogen-bond donors (Lipinski definition) is 0. The molecule has 0 aliphatic carbocycles. The average Bonchev–Trinajstić information content (AvgIpc) is 2.54. The van der Waals surface area contributed by atoms with Gasteiger partial charge in [0.05, 0.1) is 11.3 Å². The van der Waals surface area contributed by atoms with Gasteiger partial charge in [0.2, 0.25) is 0 Å². The number of carbonyl (C=O) groups is 2. The zero-order chi connectivity index (χ0) is 12.4. The number of carbonyl (C=O) groups excluding carboxylic acids is 2. The molecule has 2 rings (SSSR count). The van der Waals surface area contributed by atoms with Gasteiger partial charge in [-0.25, -0.2) is 0 Å². The van der Waals surface area contributed by atoms with E-state index in [0.717, 1.165) is 30.5 Å². The number of benzene rings is 1. The van der Waals surface area contributed by atoms with Gasteiger partial charge in [0.1, 0.15) is 0 Å². The number of amides is 1. The van der Waals surface area contributed by atoms with Crippen molar-refractivity contribution >= 4 is 17.4 Å². The maximum atomic E-state index is 11.8. The highest BCUT2D eigenvalue weighted by molar-refractivity contribution is 6.52. The third kappa shape index (κ3) is 2.09. The number of ketones is 1. The van der Waals surface area contributed by atoms with E-state index < -0.39 is 0 Å². The molecule has 0 N–H and O–H groups in total. The Bertz CT molecular complexity index is 465. The summed E-state index contributed by atoms with van der Waals surface area (Å²) < 4.78 is 0. The van der Waals surface area contributed by atoms with Gasteiger partial charge in [-0.1, -0.05) is 31.4 Å². The molecule has 0 fully saturated rings. The fraction of sp³-hybridized carbons (Fsp3) is 0.429. The summed E-state index contributed by atoms with van der Waals surface area (Å²) in [7, 11) is 0. The first-order valence-electron chi connectivity index (χ1n) is 6.12. The number of unbranched alkanes of at least 4 members (excludes halogenated alkanes) is 2. The predicted molar refractivity (Wildman–Crippen MR) is 67.4 cm³/mol. The van der Waals surface area contributed by atoms with Crippen molar-refractivity contribution in [2.45, 2.75) is 33.1 Å². The van der Waals surface area contributed by atoms with Crippen molar-refractivity contribution in [3.05, 3.63) is 29.3 Å². The smallest absolute Gasteiger partial charge is 0.299 e. The minimum atomic E-state index is -0.373. The Kier molecular flexibility index (Phi) is 3.27. The predicted octanol–water partition coefficient (Wildman–Crippen LogP) is 2.71. The van der Waals surface area contributed by atoms with Crippen molar-refractivity contribution in [2.75, 3.05) is 11.4 Å². The summed E-state index contributed by atoms with van der Waals surface area (Å²) in [4.78, 5) is 25.3. The molecule has 17 heavy (non-hydrogen) atoms. The Balaban J connectivity index is 2.25. The van der Waals surface area contributed by atoms with Crippen LogP contribution in [0.4, 0.5) is 5.69 Å². The fourth-order valence-electron chi connectivity index (χ4n) is 2.16. The number of Topliss-reactive ketones (excluding diaryl/α,β-unsaturated/α-hetero) is 1. The first kappa shape index (κ1) is 11.8. The van der Waals surface area contributed by atoms with Crippen LogP contribution in [-0.2, 0) is 4.79 Å². The van der Waals surface area contributed by atoms with Gasteiger partial charge in [-0.3, -0.25) is 9.59 Å². The van der Waals surface area contributed by atoms with E-state index in [9.17, 15) is 9.59 Å². The summed E-state index contributed by atoms with van der Waals surface area (Å²) in [6, 6.07) is 5.62. The summed E-state index contributed by atoms with van der Waals surface area (Å²) >= 11 is 0. The number of nitrogens with zero attached hydrogens (tertiary/aromatic N) is 1. The van der Waals surface area contributed by atoms with Gasteiger partial charge in [-0.2, -0.15) is 0 Å². The molecule has 1 aliphatic rings. The van der Waals surface area contributed by atoms with Crippen LogP contribution < -0.4 is 4.90 Å². The number of aryl methyl sites for hydroxylation is 1. The van der Waals surface area contributed by atoms with Gasteiger partial charge >= 0.3 is 0 Å². The van der Waals surface area contributed by atoms with Crippen LogP contribution in [0.2, 0.25) is 0 Å². The van der Waals surface area contributed by atoms with Crippen LogP contribution in [0, 0.1) is 6.92 Å². The highest BCUT2D eigenvalue weighted by Crippen LogP contribution is 2.29. The second-order valence-corrected chi connectivity index (χ2v) is 4.51. The van der Waals surface area contributed by atoms with Crippen LogP contribution in [0.25, 0.3) is 0 Å². The molecule has 0 spiro atoms. The van der Waals surface area contributed by atoms with E-state index in [2.05, 4.69) is 6.92 Å². The number of fused-ring (bicyclic) bond motifs is 1. The molecule has 1 heterocycles. The third-order valence-corrected chi connectivity index (χ3v) is 3.11. The zero-order valence-electron chi connectivity index (χ0n) is 10.3. The molecule has 1 aromatic rings. The first-order valence-corrected chi connectivity index (χ1v) is 6.12. The standard InChI is InChI=1S/C14H17NO2/c1-3-4-5-8-15-12-7-6-10(2)9-11(12)13(16)14(15)17/h6-7,9H,3-5,8H2,1-2H3. The van der Waals surface area contributed by atoms with Crippen LogP contribution in [-0.4, -0.2) is 18.2 Å². The monoisotopic (exact) mass is 231 g/mol. The molecule has 0 saturated heterocycles. The van der Waals surface area contributed by atoms with Crippen LogP contribution in [0.3, 0.4) is 0 Å². The second kappa shape index (κ2) is 4.70. The second-order valence-electron chi connectivity index (χ2n) is 4.51. The molecule has 0 radical (unpaired) electrons. The van der Waals surface area contributed by atoms with E-state index in [1.54, 1.807) is 11.0 Å².